The smallest absolute Gasteiger partial charge is 0.128 e. The fraction of sp³-hybridized carbons (Fsp3) is 0.385. The summed E-state index contributed by atoms with van der Waals surface area (Å²) in [7, 11) is 0. The summed E-state index contributed by atoms with van der Waals surface area (Å²) in [4.78, 5) is 0. The Labute approximate surface area is 85.4 Å². The van der Waals surface area contributed by atoms with Crippen LogP contribution in [0.15, 0.2) is 18.2 Å². The number of rotatable bonds is 0. The van der Waals surface area contributed by atoms with Crippen molar-refractivity contribution in [2.24, 2.45) is 0 Å². The van der Waals surface area contributed by atoms with Gasteiger partial charge in [-0.1, -0.05) is 12.1 Å². The normalized spacial score (nSPS) is 17.4. The Hall–Kier alpha value is -1.24. The molecule has 1 nitrogen and oxygen atoms in total. The van der Waals surface area contributed by atoms with Crippen LogP contribution in [0, 0.1) is 13.8 Å². The Balaban J connectivity index is 2.56. The molecule has 1 heterocycles. The zero-order valence-corrected chi connectivity index (χ0v) is 9.22. The molecule has 14 heavy (non-hydrogen) atoms. The number of hydrogen-bond acceptors (Lipinski definition) is 1. The molecule has 0 saturated carbocycles. The number of hydrogen-bond donors (Lipinski definition) is 0. The van der Waals surface area contributed by atoms with E-state index in [1.165, 1.54) is 16.7 Å². The first-order valence-corrected chi connectivity index (χ1v) is 4.98. The van der Waals surface area contributed by atoms with E-state index in [0.717, 1.165) is 5.75 Å². The first-order valence-electron chi connectivity index (χ1n) is 4.98. The number of benzene rings is 1. The summed E-state index contributed by atoms with van der Waals surface area (Å²) < 4.78 is 5.87. The fourth-order valence-corrected chi connectivity index (χ4v) is 1.71. The molecule has 1 aliphatic heterocycles. The summed E-state index contributed by atoms with van der Waals surface area (Å²) in [6, 6.07) is 4.17. The molecule has 0 aliphatic carbocycles. The summed E-state index contributed by atoms with van der Waals surface area (Å²) in [5.74, 6) is 1.00. The van der Waals surface area contributed by atoms with Gasteiger partial charge in [0.2, 0.25) is 0 Å². The predicted octanol–water partition coefficient (Wildman–Crippen LogP) is 3.49. The molecule has 74 valence electrons. The molecule has 0 fully saturated rings. The van der Waals surface area contributed by atoms with E-state index in [2.05, 4.69) is 52.0 Å². The van der Waals surface area contributed by atoms with Crippen LogP contribution < -0.4 is 4.74 Å². The Morgan fingerprint density at radius 1 is 1.14 bits per heavy atom. The molecule has 0 atom stereocenters. The lowest BCUT2D eigenvalue weighted by molar-refractivity contribution is 0.159. The van der Waals surface area contributed by atoms with Gasteiger partial charge in [0.15, 0.2) is 0 Å². The second kappa shape index (κ2) is 2.88. The average molecular weight is 188 g/mol. The van der Waals surface area contributed by atoms with Crippen molar-refractivity contribution < 1.29 is 4.74 Å². The van der Waals surface area contributed by atoms with Crippen molar-refractivity contribution in [2.45, 2.75) is 33.3 Å². The third-order valence-electron chi connectivity index (χ3n) is 2.77. The maximum atomic E-state index is 5.87. The molecule has 0 aromatic heterocycles. The lowest BCUT2D eigenvalue weighted by Crippen LogP contribution is -2.27. The van der Waals surface area contributed by atoms with Gasteiger partial charge in [0.05, 0.1) is 0 Å². The summed E-state index contributed by atoms with van der Waals surface area (Å²) >= 11 is 0. The second-order valence-electron chi connectivity index (χ2n) is 4.46. The standard InChI is InChI=1S/C13H16O/c1-9-5-6-12-11(10(9)2)7-8-13(3,4)14-12/h5-8H,1-4H3. The molecule has 1 heteroatoms. The van der Waals surface area contributed by atoms with E-state index in [4.69, 9.17) is 4.74 Å². The van der Waals surface area contributed by atoms with Crippen LogP contribution in [0.3, 0.4) is 0 Å². The largest absolute Gasteiger partial charge is 0.483 e. The van der Waals surface area contributed by atoms with Gasteiger partial charge in [-0.2, -0.15) is 0 Å². The monoisotopic (exact) mass is 188 g/mol. The minimum atomic E-state index is -0.172. The van der Waals surface area contributed by atoms with E-state index in [0.29, 0.717) is 0 Å². The summed E-state index contributed by atoms with van der Waals surface area (Å²) in [5, 5.41) is 0. The molecule has 1 aromatic carbocycles. The molecule has 0 radical (unpaired) electrons. The van der Waals surface area contributed by atoms with Crippen LogP contribution in [0.5, 0.6) is 5.75 Å². The molecular formula is C13H16O. The maximum Gasteiger partial charge on any atom is 0.128 e. The van der Waals surface area contributed by atoms with Gasteiger partial charge < -0.3 is 4.74 Å². The van der Waals surface area contributed by atoms with Gasteiger partial charge in [0.1, 0.15) is 11.4 Å². The van der Waals surface area contributed by atoms with E-state index < -0.39 is 0 Å². The number of ether oxygens (including phenoxy) is 1. The Bertz CT molecular complexity index is 400. The van der Waals surface area contributed by atoms with Crippen LogP contribution in [0.1, 0.15) is 30.5 Å². The van der Waals surface area contributed by atoms with Crippen molar-refractivity contribution >= 4 is 6.08 Å². The first kappa shape index (κ1) is 9.32. The number of fused-ring (bicyclic) bond motifs is 1. The topological polar surface area (TPSA) is 9.23 Å². The Morgan fingerprint density at radius 3 is 2.57 bits per heavy atom. The fourth-order valence-electron chi connectivity index (χ4n) is 1.71. The van der Waals surface area contributed by atoms with Gasteiger partial charge in [0.25, 0.3) is 0 Å². The van der Waals surface area contributed by atoms with Crippen molar-refractivity contribution in [2.75, 3.05) is 0 Å². The minimum absolute atomic E-state index is 0.172. The molecule has 0 amide bonds. The van der Waals surface area contributed by atoms with E-state index in [9.17, 15) is 0 Å². The zero-order valence-electron chi connectivity index (χ0n) is 9.22. The molecule has 1 aliphatic rings. The van der Waals surface area contributed by atoms with Crippen LogP contribution in [-0.2, 0) is 0 Å². The van der Waals surface area contributed by atoms with Gasteiger partial charge in [-0.3, -0.25) is 0 Å². The summed E-state index contributed by atoms with van der Waals surface area (Å²) in [6.45, 7) is 8.41. The van der Waals surface area contributed by atoms with Gasteiger partial charge in [0, 0.05) is 5.56 Å². The highest BCUT2D eigenvalue weighted by Gasteiger charge is 2.22. The van der Waals surface area contributed by atoms with Crippen LogP contribution >= 0.6 is 0 Å². The van der Waals surface area contributed by atoms with Gasteiger partial charge in [-0.25, -0.2) is 0 Å². The van der Waals surface area contributed by atoms with Crippen LogP contribution in [0.25, 0.3) is 6.08 Å². The molecule has 0 unspecified atom stereocenters. The van der Waals surface area contributed by atoms with Crippen molar-refractivity contribution in [1.29, 1.82) is 0 Å². The summed E-state index contributed by atoms with van der Waals surface area (Å²) in [6.07, 6.45) is 4.28. The summed E-state index contributed by atoms with van der Waals surface area (Å²) in [5.41, 5.74) is 3.68. The predicted molar refractivity (Wildman–Crippen MR) is 59.7 cm³/mol. The zero-order chi connectivity index (χ0) is 10.3. The van der Waals surface area contributed by atoms with Crippen molar-refractivity contribution in [3.05, 3.63) is 34.9 Å². The van der Waals surface area contributed by atoms with E-state index in [1.807, 2.05) is 0 Å². The van der Waals surface area contributed by atoms with Crippen LogP contribution in [0.2, 0.25) is 0 Å². The van der Waals surface area contributed by atoms with Gasteiger partial charge >= 0.3 is 0 Å². The molecule has 0 spiro atoms. The first-order chi connectivity index (χ1) is 6.49. The Morgan fingerprint density at radius 2 is 1.86 bits per heavy atom. The lowest BCUT2D eigenvalue weighted by Gasteiger charge is -2.28. The van der Waals surface area contributed by atoms with E-state index >= 15 is 0 Å². The van der Waals surface area contributed by atoms with Crippen LogP contribution in [0.4, 0.5) is 0 Å². The maximum absolute atomic E-state index is 5.87. The van der Waals surface area contributed by atoms with Crippen molar-refractivity contribution in [1.82, 2.24) is 0 Å². The molecule has 2 rings (SSSR count). The lowest BCUT2D eigenvalue weighted by atomic mass is 9.96. The molecule has 0 bridgehead atoms. The van der Waals surface area contributed by atoms with Gasteiger partial charge in [-0.15, -0.1) is 0 Å². The third-order valence-corrected chi connectivity index (χ3v) is 2.77. The van der Waals surface area contributed by atoms with Gasteiger partial charge in [-0.05, 0) is 51.0 Å². The number of aryl methyl sites for hydroxylation is 1. The molecule has 0 N–H and O–H groups in total. The highest BCUT2D eigenvalue weighted by molar-refractivity contribution is 5.65. The Kier molecular flexibility index (Phi) is 1.91. The second-order valence-corrected chi connectivity index (χ2v) is 4.46. The van der Waals surface area contributed by atoms with E-state index in [1.54, 1.807) is 0 Å². The highest BCUT2D eigenvalue weighted by atomic mass is 16.5. The van der Waals surface area contributed by atoms with Crippen molar-refractivity contribution in [3.8, 4) is 5.75 Å². The quantitative estimate of drug-likeness (QED) is 0.605. The molecular weight excluding hydrogens is 172 g/mol. The van der Waals surface area contributed by atoms with E-state index in [-0.39, 0.29) is 5.60 Å². The van der Waals surface area contributed by atoms with Crippen LogP contribution in [-0.4, -0.2) is 5.60 Å². The molecule has 0 saturated heterocycles. The third kappa shape index (κ3) is 1.43. The average Bonchev–Trinajstić information content (AvgIpc) is 2.10. The minimum Gasteiger partial charge on any atom is -0.483 e. The highest BCUT2D eigenvalue weighted by Crippen LogP contribution is 2.33. The molecule has 1 aromatic rings. The SMILES string of the molecule is Cc1ccc2c(c1C)C=CC(C)(C)O2. The van der Waals surface area contributed by atoms with Crippen molar-refractivity contribution in [3.63, 3.8) is 0 Å².